The van der Waals surface area contributed by atoms with Gasteiger partial charge < -0.3 is 14.5 Å². The molecule has 1 unspecified atom stereocenters. The number of hydrogen-bond donors (Lipinski definition) is 1. The molecule has 108 valence electrons. The lowest BCUT2D eigenvalue weighted by molar-refractivity contribution is 0.340. The van der Waals surface area contributed by atoms with Gasteiger partial charge in [0.15, 0.2) is 0 Å². The van der Waals surface area contributed by atoms with E-state index in [0.717, 1.165) is 17.3 Å². The van der Waals surface area contributed by atoms with Gasteiger partial charge in [0.05, 0.1) is 12.6 Å². The fourth-order valence-electron chi connectivity index (χ4n) is 2.64. The summed E-state index contributed by atoms with van der Waals surface area (Å²) in [6.45, 7) is 8.82. The first kappa shape index (κ1) is 14.7. The molecule has 0 bridgehead atoms. The molecule has 1 heterocycles. The Bertz CT molecular complexity index is 569. The van der Waals surface area contributed by atoms with Gasteiger partial charge in [0.2, 0.25) is 0 Å². The van der Waals surface area contributed by atoms with Gasteiger partial charge >= 0.3 is 0 Å². The van der Waals surface area contributed by atoms with Crippen molar-refractivity contribution in [3.8, 4) is 5.75 Å². The van der Waals surface area contributed by atoms with Crippen molar-refractivity contribution in [2.24, 2.45) is 0 Å². The number of benzene rings is 1. The first-order chi connectivity index (χ1) is 9.58. The van der Waals surface area contributed by atoms with Crippen molar-refractivity contribution in [1.82, 2.24) is 5.32 Å². The standard InChI is InChI=1S/C17H23NO2/c1-6-19-15-9-7-14(8-10-15)17(18-5)16-11(2)12(3)20-13(16)4/h7-10,17-18H,6H2,1-5H3. The molecule has 1 aromatic heterocycles. The Balaban J connectivity index is 2.36. The molecule has 0 saturated heterocycles. The molecule has 0 fully saturated rings. The lowest BCUT2D eigenvalue weighted by atomic mass is 9.95. The molecule has 0 radical (unpaired) electrons. The molecule has 2 aromatic rings. The number of aryl methyl sites for hydroxylation is 2. The first-order valence-electron chi connectivity index (χ1n) is 7.05. The average Bonchev–Trinajstić information content (AvgIpc) is 2.68. The summed E-state index contributed by atoms with van der Waals surface area (Å²) in [6, 6.07) is 8.38. The zero-order chi connectivity index (χ0) is 14.7. The smallest absolute Gasteiger partial charge is 0.119 e. The van der Waals surface area contributed by atoms with Crippen LogP contribution in [0.15, 0.2) is 28.7 Å². The first-order valence-corrected chi connectivity index (χ1v) is 7.05. The minimum absolute atomic E-state index is 0.142. The van der Waals surface area contributed by atoms with Crippen LogP contribution < -0.4 is 10.1 Å². The van der Waals surface area contributed by atoms with Crippen LogP contribution in [-0.2, 0) is 0 Å². The number of hydrogen-bond acceptors (Lipinski definition) is 3. The zero-order valence-corrected chi connectivity index (χ0v) is 12.9. The van der Waals surface area contributed by atoms with Gasteiger partial charge in [0.1, 0.15) is 17.3 Å². The van der Waals surface area contributed by atoms with Gasteiger partial charge in [-0.05, 0) is 58.0 Å². The van der Waals surface area contributed by atoms with E-state index in [1.165, 1.54) is 16.7 Å². The molecule has 3 nitrogen and oxygen atoms in total. The van der Waals surface area contributed by atoms with Gasteiger partial charge in [0.25, 0.3) is 0 Å². The fourth-order valence-corrected chi connectivity index (χ4v) is 2.64. The summed E-state index contributed by atoms with van der Waals surface area (Å²) in [4.78, 5) is 0. The fraction of sp³-hybridized carbons (Fsp3) is 0.412. The second-order valence-corrected chi connectivity index (χ2v) is 4.98. The molecule has 0 aliphatic carbocycles. The van der Waals surface area contributed by atoms with E-state index in [9.17, 15) is 0 Å². The highest BCUT2D eigenvalue weighted by atomic mass is 16.5. The second kappa shape index (κ2) is 6.14. The minimum Gasteiger partial charge on any atom is -0.494 e. The van der Waals surface area contributed by atoms with Crippen LogP contribution in [0, 0.1) is 20.8 Å². The van der Waals surface area contributed by atoms with Crippen molar-refractivity contribution in [3.05, 3.63) is 52.5 Å². The van der Waals surface area contributed by atoms with Crippen LogP contribution >= 0.6 is 0 Å². The van der Waals surface area contributed by atoms with Crippen molar-refractivity contribution in [1.29, 1.82) is 0 Å². The third-order valence-electron chi connectivity index (χ3n) is 3.72. The lowest BCUT2D eigenvalue weighted by Crippen LogP contribution is -2.18. The van der Waals surface area contributed by atoms with Gasteiger partial charge in [0, 0.05) is 5.56 Å². The van der Waals surface area contributed by atoms with Crippen LogP contribution in [-0.4, -0.2) is 13.7 Å². The Morgan fingerprint density at radius 2 is 1.75 bits per heavy atom. The lowest BCUT2D eigenvalue weighted by Gasteiger charge is -2.18. The zero-order valence-electron chi connectivity index (χ0n) is 12.9. The Kier molecular flexibility index (Phi) is 4.50. The maximum absolute atomic E-state index is 5.75. The quantitative estimate of drug-likeness (QED) is 0.896. The van der Waals surface area contributed by atoms with Gasteiger partial charge in [-0.3, -0.25) is 0 Å². The molecule has 1 N–H and O–H groups in total. The Labute approximate surface area is 121 Å². The maximum Gasteiger partial charge on any atom is 0.119 e. The van der Waals surface area contributed by atoms with E-state index in [1.807, 2.05) is 40.0 Å². The van der Waals surface area contributed by atoms with E-state index in [1.54, 1.807) is 0 Å². The van der Waals surface area contributed by atoms with Crippen LogP contribution in [0.25, 0.3) is 0 Å². The number of furan rings is 1. The summed E-state index contributed by atoms with van der Waals surface area (Å²) in [5.41, 5.74) is 3.66. The van der Waals surface area contributed by atoms with E-state index >= 15 is 0 Å². The maximum atomic E-state index is 5.75. The molecule has 0 aliphatic heterocycles. The van der Waals surface area contributed by atoms with E-state index < -0.39 is 0 Å². The van der Waals surface area contributed by atoms with E-state index in [2.05, 4.69) is 24.4 Å². The molecule has 0 amide bonds. The van der Waals surface area contributed by atoms with E-state index in [4.69, 9.17) is 9.15 Å². The van der Waals surface area contributed by atoms with Crippen LogP contribution in [0.4, 0.5) is 0 Å². The highest BCUT2D eigenvalue weighted by molar-refractivity contribution is 5.41. The average molecular weight is 273 g/mol. The monoisotopic (exact) mass is 273 g/mol. The number of nitrogens with one attached hydrogen (secondary N) is 1. The summed E-state index contributed by atoms with van der Waals surface area (Å²) >= 11 is 0. The van der Waals surface area contributed by atoms with Crippen LogP contribution in [0.3, 0.4) is 0 Å². The molecule has 0 saturated carbocycles. The minimum atomic E-state index is 0.142. The molecule has 1 atom stereocenters. The van der Waals surface area contributed by atoms with Crippen molar-refractivity contribution >= 4 is 0 Å². The Morgan fingerprint density at radius 3 is 2.20 bits per heavy atom. The normalized spacial score (nSPS) is 12.4. The third-order valence-corrected chi connectivity index (χ3v) is 3.72. The summed E-state index contributed by atoms with van der Waals surface area (Å²) in [6.07, 6.45) is 0. The van der Waals surface area contributed by atoms with Crippen molar-refractivity contribution < 1.29 is 9.15 Å². The van der Waals surface area contributed by atoms with Gasteiger partial charge in [-0.15, -0.1) is 0 Å². The third kappa shape index (κ3) is 2.73. The van der Waals surface area contributed by atoms with Crippen LogP contribution in [0.2, 0.25) is 0 Å². The Morgan fingerprint density at radius 1 is 1.10 bits per heavy atom. The SMILES string of the molecule is CCOc1ccc(C(NC)c2c(C)oc(C)c2C)cc1. The Hall–Kier alpha value is -1.74. The molecule has 0 spiro atoms. The molecule has 3 heteroatoms. The van der Waals surface area contributed by atoms with Crippen molar-refractivity contribution in [3.63, 3.8) is 0 Å². The summed E-state index contributed by atoms with van der Waals surface area (Å²) in [5.74, 6) is 2.87. The van der Waals surface area contributed by atoms with Crippen LogP contribution in [0.5, 0.6) is 5.75 Å². The molecule has 2 rings (SSSR count). The van der Waals surface area contributed by atoms with E-state index in [-0.39, 0.29) is 6.04 Å². The number of rotatable bonds is 5. The van der Waals surface area contributed by atoms with E-state index in [0.29, 0.717) is 6.61 Å². The largest absolute Gasteiger partial charge is 0.494 e. The predicted octanol–water partition coefficient (Wildman–Crippen LogP) is 3.91. The highest BCUT2D eigenvalue weighted by Crippen LogP contribution is 2.31. The van der Waals surface area contributed by atoms with Crippen molar-refractivity contribution in [2.75, 3.05) is 13.7 Å². The van der Waals surface area contributed by atoms with Gasteiger partial charge in [-0.1, -0.05) is 12.1 Å². The summed E-state index contributed by atoms with van der Waals surface area (Å²) in [7, 11) is 1.97. The highest BCUT2D eigenvalue weighted by Gasteiger charge is 2.21. The second-order valence-electron chi connectivity index (χ2n) is 4.98. The van der Waals surface area contributed by atoms with Crippen LogP contribution in [0.1, 0.15) is 41.2 Å². The molecular formula is C17H23NO2. The van der Waals surface area contributed by atoms with Gasteiger partial charge in [-0.25, -0.2) is 0 Å². The number of ether oxygens (including phenoxy) is 1. The summed E-state index contributed by atoms with van der Waals surface area (Å²) < 4.78 is 11.2. The molecule has 0 aliphatic rings. The van der Waals surface area contributed by atoms with Crippen molar-refractivity contribution in [2.45, 2.75) is 33.7 Å². The predicted molar refractivity (Wildman–Crippen MR) is 81.4 cm³/mol. The van der Waals surface area contributed by atoms with Gasteiger partial charge in [-0.2, -0.15) is 0 Å². The molecule has 20 heavy (non-hydrogen) atoms. The molecule has 1 aromatic carbocycles. The summed E-state index contributed by atoms with van der Waals surface area (Å²) in [5, 5.41) is 3.38. The topological polar surface area (TPSA) is 34.4 Å². The molecular weight excluding hydrogens is 250 g/mol.